The molecule has 2 atom stereocenters. The van der Waals surface area contributed by atoms with Crippen LogP contribution in [0.3, 0.4) is 0 Å². The smallest absolute Gasteiger partial charge is 0.231 e. The third kappa shape index (κ3) is 5.56. The molecule has 0 aliphatic rings. The van der Waals surface area contributed by atoms with Gasteiger partial charge in [-0.05, 0) is 25.2 Å². The van der Waals surface area contributed by atoms with Gasteiger partial charge in [0.15, 0.2) is 5.84 Å². The Morgan fingerprint density at radius 1 is 1.29 bits per heavy atom. The van der Waals surface area contributed by atoms with E-state index in [-0.39, 0.29) is 23.7 Å². The molecule has 0 radical (unpaired) electrons. The molecule has 0 aliphatic carbocycles. The van der Waals surface area contributed by atoms with Crippen LogP contribution in [0.15, 0.2) is 5.16 Å². The van der Waals surface area contributed by atoms with E-state index in [0.29, 0.717) is 5.92 Å². The first-order chi connectivity index (χ1) is 7.79. The number of nitrogens with zero attached hydrogens (tertiary/aromatic N) is 1. The van der Waals surface area contributed by atoms with Crippen molar-refractivity contribution in [1.82, 2.24) is 5.32 Å². The van der Waals surface area contributed by atoms with Crippen molar-refractivity contribution in [2.24, 2.45) is 28.6 Å². The quantitative estimate of drug-likeness (QED) is 0.286. The van der Waals surface area contributed by atoms with E-state index in [2.05, 4.69) is 24.3 Å². The highest BCUT2D eigenvalue weighted by molar-refractivity contribution is 6.02. The van der Waals surface area contributed by atoms with E-state index in [1.165, 1.54) is 0 Å². The monoisotopic (exact) mass is 243 g/mol. The average Bonchev–Trinajstić information content (AvgIpc) is 2.14. The maximum Gasteiger partial charge on any atom is 0.231 e. The first-order valence-corrected chi connectivity index (χ1v) is 6.07. The van der Waals surface area contributed by atoms with Crippen LogP contribution in [-0.2, 0) is 4.79 Å². The van der Waals surface area contributed by atoms with Gasteiger partial charge in [0.25, 0.3) is 0 Å². The lowest BCUT2D eigenvalue weighted by Gasteiger charge is -2.22. The van der Waals surface area contributed by atoms with Crippen molar-refractivity contribution in [2.75, 3.05) is 0 Å². The molecule has 5 nitrogen and oxygen atoms in total. The van der Waals surface area contributed by atoms with Crippen LogP contribution in [0, 0.1) is 17.8 Å². The molecule has 0 aliphatic heterocycles. The SMILES string of the molecule is CC(C)CC(C)NC(=O)C(C(N)=NO)C(C)C. The Morgan fingerprint density at radius 3 is 2.18 bits per heavy atom. The summed E-state index contributed by atoms with van der Waals surface area (Å²) >= 11 is 0. The summed E-state index contributed by atoms with van der Waals surface area (Å²) in [4.78, 5) is 12.0. The van der Waals surface area contributed by atoms with Crippen molar-refractivity contribution >= 4 is 11.7 Å². The van der Waals surface area contributed by atoms with Crippen molar-refractivity contribution in [3.63, 3.8) is 0 Å². The molecule has 0 aromatic carbocycles. The molecule has 4 N–H and O–H groups in total. The van der Waals surface area contributed by atoms with Crippen molar-refractivity contribution in [3.8, 4) is 0 Å². The Bertz CT molecular complexity index is 275. The van der Waals surface area contributed by atoms with Gasteiger partial charge in [-0.2, -0.15) is 0 Å². The Morgan fingerprint density at radius 2 is 1.82 bits per heavy atom. The van der Waals surface area contributed by atoms with Crippen LogP contribution >= 0.6 is 0 Å². The van der Waals surface area contributed by atoms with Gasteiger partial charge in [0.2, 0.25) is 5.91 Å². The second-order valence-corrected chi connectivity index (χ2v) is 5.29. The van der Waals surface area contributed by atoms with Gasteiger partial charge < -0.3 is 16.3 Å². The molecule has 0 spiro atoms. The lowest BCUT2D eigenvalue weighted by molar-refractivity contribution is -0.124. The average molecular weight is 243 g/mol. The normalized spacial score (nSPS) is 16.1. The summed E-state index contributed by atoms with van der Waals surface area (Å²) in [5, 5.41) is 14.5. The highest BCUT2D eigenvalue weighted by Crippen LogP contribution is 2.12. The van der Waals surface area contributed by atoms with Crippen LogP contribution in [0.4, 0.5) is 0 Å². The van der Waals surface area contributed by atoms with E-state index < -0.39 is 5.92 Å². The van der Waals surface area contributed by atoms with Gasteiger partial charge in [0.1, 0.15) is 5.92 Å². The number of amides is 1. The zero-order valence-electron chi connectivity index (χ0n) is 11.4. The molecule has 1 amide bonds. The fraction of sp³-hybridized carbons (Fsp3) is 0.833. The fourth-order valence-corrected chi connectivity index (χ4v) is 1.94. The Balaban J connectivity index is 4.54. The molecule has 0 aromatic heterocycles. The molecule has 0 heterocycles. The minimum Gasteiger partial charge on any atom is -0.409 e. The predicted molar refractivity (Wildman–Crippen MR) is 68.8 cm³/mol. The van der Waals surface area contributed by atoms with Crippen molar-refractivity contribution in [1.29, 1.82) is 0 Å². The van der Waals surface area contributed by atoms with E-state index in [9.17, 15) is 4.79 Å². The molecule has 2 unspecified atom stereocenters. The molecule has 0 saturated carbocycles. The number of nitrogens with two attached hydrogens (primary N) is 1. The lowest BCUT2D eigenvalue weighted by atomic mass is 9.93. The molecule has 17 heavy (non-hydrogen) atoms. The topological polar surface area (TPSA) is 87.7 Å². The molecule has 0 fully saturated rings. The largest absolute Gasteiger partial charge is 0.409 e. The molecule has 100 valence electrons. The second-order valence-electron chi connectivity index (χ2n) is 5.29. The number of rotatable bonds is 6. The lowest BCUT2D eigenvalue weighted by Crippen LogP contribution is -2.45. The molecule has 5 heteroatoms. The summed E-state index contributed by atoms with van der Waals surface area (Å²) in [6, 6.07) is 0.0928. The van der Waals surface area contributed by atoms with Crippen molar-refractivity contribution < 1.29 is 10.0 Å². The molecule has 0 aromatic rings. The summed E-state index contributed by atoms with van der Waals surface area (Å²) in [6.07, 6.45) is 0.909. The van der Waals surface area contributed by atoms with Gasteiger partial charge in [0, 0.05) is 6.04 Å². The van der Waals surface area contributed by atoms with Crippen LogP contribution < -0.4 is 11.1 Å². The number of amidine groups is 1. The Kier molecular flexibility index (Phi) is 6.61. The number of carbonyl (C=O) groups is 1. The number of hydrogen-bond donors (Lipinski definition) is 3. The molecular weight excluding hydrogens is 218 g/mol. The van der Waals surface area contributed by atoms with Crippen LogP contribution in [0.5, 0.6) is 0 Å². The third-order valence-corrected chi connectivity index (χ3v) is 2.60. The summed E-state index contributed by atoms with van der Waals surface area (Å²) in [5.41, 5.74) is 5.54. The number of oxime groups is 1. The van der Waals surface area contributed by atoms with E-state index >= 15 is 0 Å². The van der Waals surface area contributed by atoms with Gasteiger partial charge in [-0.25, -0.2) is 0 Å². The number of hydrogen-bond acceptors (Lipinski definition) is 3. The summed E-state index contributed by atoms with van der Waals surface area (Å²) in [7, 11) is 0. The van der Waals surface area contributed by atoms with Gasteiger partial charge in [0.05, 0.1) is 0 Å². The molecule has 0 saturated heterocycles. The zero-order valence-corrected chi connectivity index (χ0v) is 11.4. The van der Waals surface area contributed by atoms with E-state index in [4.69, 9.17) is 10.9 Å². The Labute approximate surface area is 103 Å². The van der Waals surface area contributed by atoms with Crippen molar-refractivity contribution in [2.45, 2.75) is 47.1 Å². The standard InChI is InChI=1S/C12H25N3O2/c1-7(2)6-9(5)14-12(16)10(8(3)4)11(13)15-17/h7-10,17H,6H2,1-5H3,(H2,13,15)(H,14,16). The van der Waals surface area contributed by atoms with E-state index in [1.54, 1.807) is 0 Å². The minimum atomic E-state index is -0.574. The summed E-state index contributed by atoms with van der Waals surface area (Å²) < 4.78 is 0. The van der Waals surface area contributed by atoms with Gasteiger partial charge in [-0.15, -0.1) is 0 Å². The first-order valence-electron chi connectivity index (χ1n) is 6.07. The molecule has 0 rings (SSSR count). The second kappa shape index (κ2) is 7.14. The van der Waals surface area contributed by atoms with Gasteiger partial charge >= 0.3 is 0 Å². The third-order valence-electron chi connectivity index (χ3n) is 2.60. The van der Waals surface area contributed by atoms with Gasteiger partial charge in [-0.1, -0.05) is 32.9 Å². The van der Waals surface area contributed by atoms with Crippen LogP contribution in [0.2, 0.25) is 0 Å². The minimum absolute atomic E-state index is 0.00264. The highest BCUT2D eigenvalue weighted by Gasteiger charge is 2.27. The van der Waals surface area contributed by atoms with E-state index in [1.807, 2.05) is 20.8 Å². The maximum atomic E-state index is 12.0. The predicted octanol–water partition coefficient (Wildman–Crippen LogP) is 1.56. The molecular formula is C12H25N3O2. The highest BCUT2D eigenvalue weighted by atomic mass is 16.4. The van der Waals surface area contributed by atoms with Crippen LogP contribution in [0.1, 0.15) is 41.0 Å². The van der Waals surface area contributed by atoms with Gasteiger partial charge in [-0.3, -0.25) is 4.79 Å². The summed E-state index contributed by atoms with van der Waals surface area (Å²) in [6.45, 7) is 9.91. The van der Waals surface area contributed by atoms with E-state index in [0.717, 1.165) is 6.42 Å². The molecule has 0 bridgehead atoms. The van der Waals surface area contributed by atoms with Crippen molar-refractivity contribution in [3.05, 3.63) is 0 Å². The first kappa shape index (κ1) is 15.7. The Hall–Kier alpha value is -1.26. The number of nitrogens with one attached hydrogen (secondary N) is 1. The maximum absolute atomic E-state index is 12.0. The van der Waals surface area contributed by atoms with Crippen LogP contribution in [0.25, 0.3) is 0 Å². The fourth-order valence-electron chi connectivity index (χ4n) is 1.94. The zero-order chi connectivity index (χ0) is 13.6. The number of carbonyl (C=O) groups excluding carboxylic acids is 1. The summed E-state index contributed by atoms with van der Waals surface area (Å²) in [5.74, 6) is -0.267. The van der Waals surface area contributed by atoms with Crippen LogP contribution in [-0.4, -0.2) is 23.0 Å².